The van der Waals surface area contributed by atoms with Crippen LogP contribution in [0.1, 0.15) is 34.2 Å². The lowest BCUT2D eigenvalue weighted by atomic mass is 9.87. The average Bonchev–Trinajstić information content (AvgIpc) is 3.43. The molecule has 0 aliphatic carbocycles. The highest BCUT2D eigenvalue weighted by molar-refractivity contribution is 7.03. The van der Waals surface area contributed by atoms with Gasteiger partial charge in [0.05, 0.1) is 12.2 Å². The third-order valence-corrected chi connectivity index (χ3v) is 6.54. The van der Waals surface area contributed by atoms with Crippen LogP contribution in [0.25, 0.3) is 0 Å². The van der Waals surface area contributed by atoms with Gasteiger partial charge < -0.3 is 4.90 Å². The third-order valence-electron chi connectivity index (χ3n) is 6.02. The van der Waals surface area contributed by atoms with E-state index in [2.05, 4.69) is 57.8 Å². The fourth-order valence-corrected chi connectivity index (χ4v) is 4.70. The monoisotopic (exact) mass is 456 g/mol. The van der Waals surface area contributed by atoms with Crippen molar-refractivity contribution in [3.8, 4) is 0 Å². The van der Waals surface area contributed by atoms with Crippen LogP contribution in [0.15, 0.2) is 60.0 Å². The molecule has 3 aromatic rings. The first-order chi connectivity index (χ1) is 14.6. The molecule has 7 heteroatoms. The third kappa shape index (κ3) is 5.91. The molecule has 0 N–H and O–H groups in total. The molecule has 1 aliphatic rings. The van der Waals surface area contributed by atoms with Gasteiger partial charge in [0.15, 0.2) is 0 Å². The molecule has 2 aromatic carbocycles. The van der Waals surface area contributed by atoms with E-state index in [4.69, 9.17) is 0 Å². The number of benzene rings is 2. The summed E-state index contributed by atoms with van der Waals surface area (Å²) in [6.07, 6.45) is 0.877. The van der Waals surface area contributed by atoms with Gasteiger partial charge in [-0.3, -0.25) is 9.69 Å². The predicted molar refractivity (Wildman–Crippen MR) is 128 cm³/mol. The van der Waals surface area contributed by atoms with E-state index in [1.807, 2.05) is 35.5 Å². The van der Waals surface area contributed by atoms with E-state index in [-0.39, 0.29) is 24.2 Å². The summed E-state index contributed by atoms with van der Waals surface area (Å²) < 4.78 is 4.07. The predicted octanol–water partition coefficient (Wildman–Crippen LogP) is 4.15. The summed E-state index contributed by atoms with van der Waals surface area (Å²) in [5.74, 6) is 0.774. The number of halogens is 1. The van der Waals surface area contributed by atoms with Crippen LogP contribution in [0, 0.1) is 6.92 Å². The molecule has 2 atom stereocenters. The molecule has 164 valence electrons. The summed E-state index contributed by atoms with van der Waals surface area (Å²) in [7, 11) is 1.90. The van der Waals surface area contributed by atoms with Gasteiger partial charge in [-0.15, -0.1) is 17.5 Å². The molecular weight excluding hydrogens is 428 g/mol. The molecule has 1 saturated heterocycles. The number of hydrogen-bond acceptors (Lipinski definition) is 5. The van der Waals surface area contributed by atoms with Crippen LogP contribution in [-0.2, 0) is 11.2 Å². The van der Waals surface area contributed by atoms with Crippen LogP contribution < -0.4 is 0 Å². The molecule has 0 saturated carbocycles. The van der Waals surface area contributed by atoms with Gasteiger partial charge in [0.2, 0.25) is 5.91 Å². The lowest BCUT2D eigenvalue weighted by molar-refractivity contribution is -0.130. The Morgan fingerprint density at radius 2 is 1.81 bits per heavy atom. The Hall–Kier alpha value is -2.28. The van der Waals surface area contributed by atoms with Crippen molar-refractivity contribution in [3.63, 3.8) is 0 Å². The average molecular weight is 457 g/mol. The van der Waals surface area contributed by atoms with Crippen molar-refractivity contribution in [1.82, 2.24) is 19.4 Å². The van der Waals surface area contributed by atoms with E-state index in [9.17, 15) is 4.79 Å². The summed E-state index contributed by atoms with van der Waals surface area (Å²) in [4.78, 5) is 17.0. The zero-order chi connectivity index (χ0) is 20.9. The Morgan fingerprint density at radius 1 is 1.10 bits per heavy atom. The SMILES string of the molecule is Cc1ccc([C@@H]2CN(CC(=O)N(C)CCc3ccccc3)C[C@H]2c2csnn2)cc1.Cl. The molecule has 1 fully saturated rings. The minimum absolute atomic E-state index is 0. The van der Waals surface area contributed by atoms with E-state index in [1.54, 1.807) is 0 Å². The normalized spacial score (nSPS) is 18.5. The number of carbonyl (C=O) groups excluding carboxylic acids is 1. The maximum Gasteiger partial charge on any atom is 0.236 e. The molecule has 0 radical (unpaired) electrons. The van der Waals surface area contributed by atoms with Crippen molar-refractivity contribution in [2.24, 2.45) is 0 Å². The van der Waals surface area contributed by atoms with E-state index in [1.165, 1.54) is 28.2 Å². The second kappa shape index (κ2) is 10.8. The van der Waals surface area contributed by atoms with E-state index >= 15 is 0 Å². The Morgan fingerprint density at radius 3 is 2.48 bits per heavy atom. The van der Waals surface area contributed by atoms with Crippen LogP contribution >= 0.6 is 23.9 Å². The fourth-order valence-electron chi connectivity index (χ4n) is 4.18. The number of rotatable bonds is 7. The smallest absolute Gasteiger partial charge is 0.236 e. The Labute approximate surface area is 194 Å². The molecule has 0 bridgehead atoms. The first kappa shape index (κ1) is 23.4. The van der Waals surface area contributed by atoms with Gasteiger partial charge in [-0.05, 0) is 36.0 Å². The molecule has 0 spiro atoms. The summed E-state index contributed by atoms with van der Waals surface area (Å²) in [6.45, 7) is 4.99. The Balaban J connectivity index is 0.00000272. The lowest BCUT2D eigenvalue weighted by Gasteiger charge is -2.21. The second-order valence-corrected chi connectivity index (χ2v) is 8.81. The fraction of sp³-hybridized carbons (Fsp3) is 0.375. The number of aryl methyl sites for hydroxylation is 1. The first-order valence-electron chi connectivity index (χ1n) is 10.4. The second-order valence-electron chi connectivity index (χ2n) is 8.20. The van der Waals surface area contributed by atoms with Crippen molar-refractivity contribution in [2.75, 3.05) is 33.2 Å². The van der Waals surface area contributed by atoms with E-state index in [0.29, 0.717) is 12.5 Å². The number of nitrogens with zero attached hydrogens (tertiary/aromatic N) is 4. The van der Waals surface area contributed by atoms with Crippen LogP contribution in [0.2, 0.25) is 0 Å². The van der Waals surface area contributed by atoms with Crippen molar-refractivity contribution in [2.45, 2.75) is 25.2 Å². The van der Waals surface area contributed by atoms with Crippen LogP contribution in [0.3, 0.4) is 0 Å². The van der Waals surface area contributed by atoms with Gasteiger partial charge in [-0.2, -0.15) is 0 Å². The number of likely N-dealkylation sites (N-methyl/N-ethyl adjacent to an activating group) is 1. The molecule has 31 heavy (non-hydrogen) atoms. The minimum atomic E-state index is 0. The van der Waals surface area contributed by atoms with Crippen molar-refractivity contribution >= 4 is 29.8 Å². The van der Waals surface area contributed by atoms with E-state index < -0.39 is 0 Å². The summed E-state index contributed by atoms with van der Waals surface area (Å²) in [6, 6.07) is 19.1. The first-order valence-corrected chi connectivity index (χ1v) is 11.3. The Kier molecular flexibility index (Phi) is 8.18. The highest BCUT2D eigenvalue weighted by atomic mass is 35.5. The lowest BCUT2D eigenvalue weighted by Crippen LogP contribution is -2.38. The van der Waals surface area contributed by atoms with E-state index in [0.717, 1.165) is 31.7 Å². The molecule has 1 aromatic heterocycles. The Bertz CT molecular complexity index is 949. The minimum Gasteiger partial charge on any atom is -0.344 e. The van der Waals surface area contributed by atoms with Gasteiger partial charge in [0.25, 0.3) is 0 Å². The molecule has 2 heterocycles. The van der Waals surface area contributed by atoms with Gasteiger partial charge in [0, 0.05) is 43.9 Å². The maximum absolute atomic E-state index is 12.9. The van der Waals surface area contributed by atoms with Crippen LogP contribution in [-0.4, -0.2) is 58.5 Å². The standard InChI is InChI=1S/C24H28N4OS.ClH/c1-18-8-10-20(11-9-18)21-14-28(15-22(21)23-17-30-26-25-23)16-24(29)27(2)13-12-19-6-4-3-5-7-19;/h3-11,17,21-22H,12-16H2,1-2H3;1H/t21-,22+;/m0./s1. The van der Waals surface area contributed by atoms with Crippen molar-refractivity contribution in [3.05, 3.63) is 82.4 Å². The molecule has 4 rings (SSSR count). The molecule has 1 aliphatic heterocycles. The molecule has 5 nitrogen and oxygen atoms in total. The van der Waals surface area contributed by atoms with Gasteiger partial charge in [-0.1, -0.05) is 64.6 Å². The molecule has 0 unspecified atom stereocenters. The number of amides is 1. The number of aromatic nitrogens is 2. The van der Waals surface area contributed by atoms with Crippen molar-refractivity contribution < 1.29 is 4.79 Å². The molecule has 1 amide bonds. The quantitative estimate of drug-likeness (QED) is 0.535. The van der Waals surface area contributed by atoms with Gasteiger partial charge >= 0.3 is 0 Å². The largest absolute Gasteiger partial charge is 0.344 e. The summed E-state index contributed by atoms with van der Waals surface area (Å²) in [5, 5.41) is 6.39. The number of hydrogen-bond donors (Lipinski definition) is 0. The van der Waals surface area contributed by atoms with Gasteiger partial charge in [-0.25, -0.2) is 0 Å². The molecular formula is C24H29ClN4OS. The number of carbonyl (C=O) groups is 1. The van der Waals surface area contributed by atoms with Crippen LogP contribution in [0.5, 0.6) is 0 Å². The number of likely N-dealkylation sites (tertiary alicyclic amines) is 1. The maximum atomic E-state index is 12.9. The van der Waals surface area contributed by atoms with Crippen LogP contribution in [0.4, 0.5) is 0 Å². The van der Waals surface area contributed by atoms with Crippen molar-refractivity contribution in [1.29, 1.82) is 0 Å². The van der Waals surface area contributed by atoms with Gasteiger partial charge in [0.1, 0.15) is 0 Å². The summed E-state index contributed by atoms with van der Waals surface area (Å²) in [5.41, 5.74) is 4.87. The highest BCUT2D eigenvalue weighted by Gasteiger charge is 2.37. The zero-order valence-electron chi connectivity index (χ0n) is 18.0. The zero-order valence-corrected chi connectivity index (χ0v) is 19.6. The summed E-state index contributed by atoms with van der Waals surface area (Å²) >= 11 is 1.40. The highest BCUT2D eigenvalue weighted by Crippen LogP contribution is 2.39. The topological polar surface area (TPSA) is 49.3 Å².